The number of hydrogen-bond donors (Lipinski definition) is 0. The first-order valence-corrected chi connectivity index (χ1v) is 3.50. The number of aromatic nitrogens is 1. The minimum absolute atomic E-state index is 0.435. The number of rotatable bonds is 2. The Balaban J connectivity index is 3.56. The van der Waals surface area contributed by atoms with Gasteiger partial charge >= 0.3 is 5.69 Å². The maximum Gasteiger partial charge on any atom is 0.314 e. The number of pyridine rings is 1. The lowest BCUT2D eigenvalue weighted by Gasteiger charge is -2.01. The first kappa shape index (κ1) is 10.9. The second-order valence-corrected chi connectivity index (χ2v) is 2.40. The predicted octanol–water partition coefficient (Wildman–Crippen LogP) is 1.94. The molecule has 0 fully saturated rings. The second-order valence-electron chi connectivity index (χ2n) is 2.40. The summed E-state index contributed by atoms with van der Waals surface area (Å²) in [6, 6.07) is 1.69. The van der Waals surface area contributed by atoms with Crippen molar-refractivity contribution < 1.29 is 18.1 Å². The van der Waals surface area contributed by atoms with Crippen molar-refractivity contribution in [3.8, 4) is 6.07 Å². The van der Waals surface area contributed by atoms with Crippen molar-refractivity contribution >= 4 is 5.69 Å². The molecule has 0 N–H and O–H groups in total. The fourth-order valence-electron chi connectivity index (χ4n) is 0.955. The van der Waals surface area contributed by atoms with Crippen LogP contribution in [0.2, 0.25) is 0 Å². The standard InChI is InChI=1S/C7H2F3N3O2/c8-4-1-3(2-11)6(13(14)15)5(12-4)7(9)10/h1,7H. The molecule has 0 saturated carbocycles. The highest BCUT2D eigenvalue weighted by Gasteiger charge is 2.28. The highest BCUT2D eigenvalue weighted by molar-refractivity contribution is 5.51. The lowest BCUT2D eigenvalue weighted by molar-refractivity contribution is -0.387. The lowest BCUT2D eigenvalue weighted by atomic mass is 10.2. The van der Waals surface area contributed by atoms with Crippen molar-refractivity contribution in [2.24, 2.45) is 0 Å². The maximum absolute atomic E-state index is 12.6. The molecule has 1 rings (SSSR count). The SMILES string of the molecule is N#Cc1cc(F)nc(C(F)F)c1[N+](=O)[O-]. The van der Waals surface area contributed by atoms with Gasteiger partial charge in [-0.05, 0) is 0 Å². The van der Waals surface area contributed by atoms with Crippen molar-refractivity contribution in [1.29, 1.82) is 5.26 Å². The van der Waals surface area contributed by atoms with Gasteiger partial charge in [-0.25, -0.2) is 13.8 Å². The number of nitriles is 1. The highest BCUT2D eigenvalue weighted by atomic mass is 19.3. The Labute approximate surface area is 80.9 Å². The Bertz CT molecular complexity index is 456. The van der Waals surface area contributed by atoms with E-state index >= 15 is 0 Å². The van der Waals surface area contributed by atoms with Gasteiger partial charge in [0.15, 0.2) is 5.69 Å². The molecule has 1 heterocycles. The molecule has 1 aromatic heterocycles. The summed E-state index contributed by atoms with van der Waals surface area (Å²) in [4.78, 5) is 11.9. The van der Waals surface area contributed by atoms with Gasteiger partial charge in [0.05, 0.1) is 4.92 Å². The van der Waals surface area contributed by atoms with E-state index < -0.39 is 34.2 Å². The van der Waals surface area contributed by atoms with Gasteiger partial charge in [0, 0.05) is 6.07 Å². The molecule has 0 saturated heterocycles. The first-order valence-electron chi connectivity index (χ1n) is 3.50. The number of nitro groups is 1. The molecule has 8 heteroatoms. The molecule has 0 aromatic carbocycles. The number of halogens is 3. The molecule has 0 aliphatic carbocycles. The average Bonchev–Trinajstić information content (AvgIpc) is 2.15. The number of hydrogen-bond acceptors (Lipinski definition) is 4. The van der Waals surface area contributed by atoms with Gasteiger partial charge in [0.2, 0.25) is 5.95 Å². The van der Waals surface area contributed by atoms with Crippen molar-refractivity contribution in [1.82, 2.24) is 4.98 Å². The Morgan fingerprint density at radius 2 is 2.20 bits per heavy atom. The summed E-state index contributed by atoms with van der Waals surface area (Å²) in [6.07, 6.45) is -3.31. The van der Waals surface area contributed by atoms with E-state index in [0.717, 1.165) is 0 Å². The van der Waals surface area contributed by atoms with Crippen LogP contribution >= 0.6 is 0 Å². The van der Waals surface area contributed by atoms with Gasteiger partial charge in [-0.15, -0.1) is 0 Å². The molecule has 0 amide bonds. The molecule has 0 aliphatic rings. The van der Waals surface area contributed by atoms with E-state index in [1.807, 2.05) is 0 Å². The van der Waals surface area contributed by atoms with Crippen molar-refractivity contribution in [3.63, 3.8) is 0 Å². The molecule has 78 valence electrons. The van der Waals surface area contributed by atoms with Gasteiger partial charge in [0.1, 0.15) is 11.6 Å². The van der Waals surface area contributed by atoms with Crippen LogP contribution in [0.3, 0.4) is 0 Å². The Morgan fingerprint density at radius 1 is 1.60 bits per heavy atom. The third kappa shape index (κ3) is 2.01. The zero-order chi connectivity index (χ0) is 11.6. The molecule has 1 aromatic rings. The smallest absolute Gasteiger partial charge is 0.258 e. The highest BCUT2D eigenvalue weighted by Crippen LogP contribution is 2.30. The molecule has 0 atom stereocenters. The minimum atomic E-state index is -3.31. The number of nitrogens with zero attached hydrogens (tertiary/aromatic N) is 3. The van der Waals surface area contributed by atoms with Gasteiger partial charge in [0.25, 0.3) is 6.43 Å². The summed E-state index contributed by atoms with van der Waals surface area (Å²) in [5, 5.41) is 18.8. The first-order chi connectivity index (χ1) is 6.97. The zero-order valence-electron chi connectivity index (χ0n) is 6.95. The fourth-order valence-corrected chi connectivity index (χ4v) is 0.955. The van der Waals surface area contributed by atoms with Gasteiger partial charge in [-0.3, -0.25) is 10.1 Å². The summed E-state index contributed by atoms with van der Waals surface area (Å²) in [6.45, 7) is 0. The predicted molar refractivity (Wildman–Crippen MR) is 40.5 cm³/mol. The third-order valence-electron chi connectivity index (χ3n) is 1.50. The monoisotopic (exact) mass is 217 g/mol. The van der Waals surface area contributed by atoms with Crippen LogP contribution in [0, 0.1) is 27.4 Å². The van der Waals surface area contributed by atoms with Crippen LogP contribution in [0.5, 0.6) is 0 Å². The Hall–Kier alpha value is -2.17. The van der Waals surface area contributed by atoms with E-state index in [-0.39, 0.29) is 0 Å². The van der Waals surface area contributed by atoms with E-state index in [2.05, 4.69) is 4.98 Å². The van der Waals surface area contributed by atoms with E-state index in [4.69, 9.17) is 5.26 Å². The third-order valence-corrected chi connectivity index (χ3v) is 1.50. The zero-order valence-corrected chi connectivity index (χ0v) is 6.95. The largest absolute Gasteiger partial charge is 0.314 e. The molecule has 15 heavy (non-hydrogen) atoms. The maximum atomic E-state index is 12.6. The average molecular weight is 217 g/mol. The lowest BCUT2D eigenvalue weighted by Crippen LogP contribution is -2.04. The summed E-state index contributed by atoms with van der Waals surface area (Å²) in [5.41, 5.74) is -3.27. The van der Waals surface area contributed by atoms with Crippen LogP contribution in [-0.4, -0.2) is 9.91 Å². The summed E-state index contributed by atoms with van der Waals surface area (Å²) in [5.74, 6) is -1.35. The van der Waals surface area contributed by atoms with Crippen LogP contribution in [0.15, 0.2) is 6.07 Å². The molecule has 5 nitrogen and oxygen atoms in total. The Kier molecular flexibility index (Phi) is 2.85. The molecule has 0 aliphatic heterocycles. The van der Waals surface area contributed by atoms with Crippen molar-refractivity contribution in [2.45, 2.75) is 6.43 Å². The Morgan fingerprint density at radius 3 is 2.60 bits per heavy atom. The molecular weight excluding hydrogens is 215 g/mol. The van der Waals surface area contributed by atoms with Crippen LogP contribution in [-0.2, 0) is 0 Å². The molecule has 0 bridgehead atoms. The molecule has 0 radical (unpaired) electrons. The molecule has 0 spiro atoms. The van der Waals surface area contributed by atoms with E-state index in [1.165, 1.54) is 6.07 Å². The van der Waals surface area contributed by atoms with Crippen LogP contribution < -0.4 is 0 Å². The van der Waals surface area contributed by atoms with Gasteiger partial charge in [-0.1, -0.05) is 0 Å². The molecular formula is C7H2F3N3O2. The quantitative estimate of drug-likeness (QED) is 0.430. The van der Waals surface area contributed by atoms with E-state index in [9.17, 15) is 23.3 Å². The minimum Gasteiger partial charge on any atom is -0.258 e. The van der Waals surface area contributed by atoms with E-state index in [0.29, 0.717) is 6.07 Å². The normalized spacial score (nSPS) is 10.1. The van der Waals surface area contributed by atoms with Crippen LogP contribution in [0.1, 0.15) is 17.7 Å². The van der Waals surface area contributed by atoms with E-state index in [1.54, 1.807) is 0 Å². The van der Waals surface area contributed by atoms with Gasteiger partial charge in [-0.2, -0.15) is 9.65 Å². The van der Waals surface area contributed by atoms with Crippen LogP contribution in [0.25, 0.3) is 0 Å². The number of alkyl halides is 2. The van der Waals surface area contributed by atoms with Gasteiger partial charge < -0.3 is 0 Å². The van der Waals surface area contributed by atoms with Crippen LogP contribution in [0.4, 0.5) is 18.9 Å². The topological polar surface area (TPSA) is 79.8 Å². The summed E-state index contributed by atoms with van der Waals surface area (Å²) < 4.78 is 37.1. The van der Waals surface area contributed by atoms with Crippen molar-refractivity contribution in [3.05, 3.63) is 33.4 Å². The summed E-state index contributed by atoms with van der Waals surface area (Å²) in [7, 11) is 0. The summed E-state index contributed by atoms with van der Waals surface area (Å²) >= 11 is 0. The van der Waals surface area contributed by atoms with Crippen molar-refractivity contribution in [2.75, 3.05) is 0 Å². The fraction of sp³-hybridized carbons (Fsp3) is 0.143. The molecule has 0 unspecified atom stereocenters. The second kappa shape index (κ2) is 3.91.